The molecular weight excluding hydrogens is 285 g/mol. The first-order valence-electron chi connectivity index (χ1n) is 4.46. The number of carbonyl (C=O) groups excluding carboxylic acids is 1. The molecule has 0 aliphatic heterocycles. The van der Waals surface area contributed by atoms with Crippen molar-refractivity contribution >= 4 is 41.1 Å². The summed E-state index contributed by atoms with van der Waals surface area (Å²) in [6.07, 6.45) is 0.433. The number of carboxylic acid groups (broad SMARTS) is 1. The largest absolute Gasteiger partial charge is 0.476 e. The first-order valence-corrected chi connectivity index (χ1v) is 5.22. The zero-order chi connectivity index (χ0) is 13.7. The Bertz CT molecular complexity index is 507. The van der Waals surface area contributed by atoms with Gasteiger partial charge in [0.2, 0.25) is 0 Å². The van der Waals surface area contributed by atoms with Gasteiger partial charge in [-0.1, -0.05) is 35.9 Å². The van der Waals surface area contributed by atoms with Crippen LogP contribution in [0.15, 0.2) is 12.7 Å². The minimum atomic E-state index is -1.42. The predicted octanol–water partition coefficient (Wildman–Crippen LogP) is 2.22. The zero-order valence-corrected chi connectivity index (χ0v) is 10.3. The van der Waals surface area contributed by atoms with E-state index < -0.39 is 17.8 Å². The van der Waals surface area contributed by atoms with E-state index in [1.165, 1.54) is 6.08 Å². The van der Waals surface area contributed by atoms with Gasteiger partial charge in [-0.3, -0.25) is 5.32 Å². The van der Waals surface area contributed by atoms with Gasteiger partial charge in [-0.2, -0.15) is 0 Å². The van der Waals surface area contributed by atoms with Crippen molar-refractivity contribution in [3.05, 3.63) is 28.7 Å². The number of hydrogen-bond acceptors (Lipinski definition) is 5. The Hall–Kier alpha value is -1.86. The van der Waals surface area contributed by atoms with Crippen LogP contribution in [-0.4, -0.2) is 33.7 Å². The number of aromatic nitrogens is 2. The fourth-order valence-corrected chi connectivity index (χ4v) is 1.15. The highest BCUT2D eigenvalue weighted by molar-refractivity contribution is 6.40. The number of carbonyl (C=O) groups is 2. The van der Waals surface area contributed by atoms with Crippen LogP contribution in [0.4, 0.5) is 10.6 Å². The monoisotopic (exact) mass is 291 g/mol. The molecule has 0 bridgehead atoms. The normalized spacial score (nSPS) is 9.67. The van der Waals surface area contributed by atoms with Gasteiger partial charge in [0.05, 0.1) is 0 Å². The van der Waals surface area contributed by atoms with Crippen LogP contribution in [-0.2, 0) is 4.74 Å². The minimum Gasteiger partial charge on any atom is -0.476 e. The molecule has 0 spiro atoms. The lowest BCUT2D eigenvalue weighted by Crippen LogP contribution is -2.18. The van der Waals surface area contributed by atoms with Crippen LogP contribution in [0.2, 0.25) is 10.3 Å². The SMILES string of the molecule is C=CCOC(=O)Nc1nc(Cl)c(Cl)nc1C(=O)O. The average molecular weight is 292 g/mol. The molecule has 0 atom stereocenters. The second-order valence-corrected chi connectivity index (χ2v) is 3.54. The molecule has 18 heavy (non-hydrogen) atoms. The Morgan fingerprint density at radius 1 is 1.39 bits per heavy atom. The third kappa shape index (κ3) is 3.57. The van der Waals surface area contributed by atoms with Crippen molar-refractivity contribution in [2.75, 3.05) is 11.9 Å². The van der Waals surface area contributed by atoms with Crippen LogP contribution < -0.4 is 5.32 Å². The van der Waals surface area contributed by atoms with Crippen LogP contribution in [0.1, 0.15) is 10.5 Å². The summed E-state index contributed by atoms with van der Waals surface area (Å²) < 4.78 is 4.60. The van der Waals surface area contributed by atoms with Crippen molar-refractivity contribution in [2.24, 2.45) is 0 Å². The highest BCUT2D eigenvalue weighted by atomic mass is 35.5. The number of ether oxygens (including phenoxy) is 1. The van der Waals surface area contributed by atoms with E-state index in [0.29, 0.717) is 0 Å². The standard InChI is InChI=1S/C9H7Cl2N3O4/c1-2-3-18-9(17)14-7-4(8(15)16)12-5(10)6(11)13-7/h2H,1,3H2,(H,15,16)(H,13,14,17). The second kappa shape index (κ2) is 6.18. The van der Waals surface area contributed by atoms with Crippen LogP contribution in [0.5, 0.6) is 0 Å². The maximum absolute atomic E-state index is 11.2. The lowest BCUT2D eigenvalue weighted by molar-refractivity contribution is 0.0691. The molecule has 0 aliphatic carbocycles. The van der Waals surface area contributed by atoms with E-state index in [4.69, 9.17) is 28.3 Å². The number of nitrogens with one attached hydrogen (secondary N) is 1. The number of amides is 1. The molecular formula is C9H7Cl2N3O4. The first kappa shape index (κ1) is 14.2. The topological polar surface area (TPSA) is 101 Å². The van der Waals surface area contributed by atoms with Gasteiger partial charge in [0.15, 0.2) is 21.8 Å². The smallest absolute Gasteiger partial charge is 0.413 e. The van der Waals surface area contributed by atoms with Crippen LogP contribution in [0.25, 0.3) is 0 Å². The minimum absolute atomic E-state index is 0.0387. The predicted molar refractivity (Wildman–Crippen MR) is 64.2 cm³/mol. The third-order valence-corrected chi connectivity index (χ3v) is 2.19. The molecule has 2 N–H and O–H groups in total. The van der Waals surface area contributed by atoms with Crippen molar-refractivity contribution in [3.63, 3.8) is 0 Å². The Morgan fingerprint density at radius 3 is 2.56 bits per heavy atom. The summed E-state index contributed by atoms with van der Waals surface area (Å²) in [5.41, 5.74) is -0.542. The van der Waals surface area contributed by atoms with E-state index in [2.05, 4.69) is 26.6 Å². The van der Waals surface area contributed by atoms with E-state index in [9.17, 15) is 9.59 Å². The lowest BCUT2D eigenvalue weighted by Gasteiger charge is -2.07. The highest BCUT2D eigenvalue weighted by Gasteiger charge is 2.19. The Morgan fingerprint density at radius 2 is 2.00 bits per heavy atom. The first-order chi connectivity index (χ1) is 8.45. The summed E-state index contributed by atoms with van der Waals surface area (Å²) in [7, 11) is 0. The van der Waals surface area contributed by atoms with E-state index >= 15 is 0 Å². The van der Waals surface area contributed by atoms with E-state index in [-0.39, 0.29) is 22.7 Å². The van der Waals surface area contributed by atoms with Crippen molar-refractivity contribution in [3.8, 4) is 0 Å². The summed E-state index contributed by atoms with van der Waals surface area (Å²) in [4.78, 5) is 29.2. The molecule has 0 fully saturated rings. The molecule has 0 aromatic carbocycles. The van der Waals surface area contributed by atoms with Crippen molar-refractivity contribution in [1.29, 1.82) is 0 Å². The van der Waals surface area contributed by atoms with Crippen LogP contribution in [0, 0.1) is 0 Å². The fraction of sp³-hybridized carbons (Fsp3) is 0.111. The van der Waals surface area contributed by atoms with Gasteiger partial charge in [0, 0.05) is 0 Å². The van der Waals surface area contributed by atoms with Gasteiger partial charge in [-0.15, -0.1) is 0 Å². The molecule has 1 aromatic heterocycles. The maximum Gasteiger partial charge on any atom is 0.413 e. The summed E-state index contributed by atoms with van der Waals surface area (Å²) in [5, 5.41) is 10.4. The zero-order valence-electron chi connectivity index (χ0n) is 8.81. The van der Waals surface area contributed by atoms with Crippen LogP contribution >= 0.6 is 23.2 Å². The average Bonchev–Trinajstić information content (AvgIpc) is 2.30. The molecule has 0 radical (unpaired) electrons. The van der Waals surface area contributed by atoms with Gasteiger partial charge in [-0.05, 0) is 0 Å². The maximum atomic E-state index is 11.2. The van der Waals surface area contributed by atoms with Gasteiger partial charge < -0.3 is 9.84 Å². The summed E-state index contributed by atoms with van der Waals surface area (Å²) >= 11 is 11.1. The van der Waals surface area contributed by atoms with Gasteiger partial charge in [0.1, 0.15) is 6.61 Å². The van der Waals surface area contributed by atoms with Crippen molar-refractivity contribution in [2.45, 2.75) is 0 Å². The molecule has 96 valence electrons. The van der Waals surface area contributed by atoms with Crippen molar-refractivity contribution in [1.82, 2.24) is 9.97 Å². The Kier molecular flexibility index (Phi) is 4.87. The summed E-state index contributed by atoms with van der Waals surface area (Å²) in [6.45, 7) is 3.31. The number of hydrogen-bond donors (Lipinski definition) is 2. The van der Waals surface area contributed by atoms with Crippen molar-refractivity contribution < 1.29 is 19.4 Å². The van der Waals surface area contributed by atoms with E-state index in [1.54, 1.807) is 0 Å². The number of nitrogens with zero attached hydrogens (tertiary/aromatic N) is 2. The second-order valence-electron chi connectivity index (χ2n) is 2.82. The molecule has 0 saturated heterocycles. The quantitative estimate of drug-likeness (QED) is 0.825. The molecule has 0 aliphatic rings. The molecule has 1 heterocycles. The van der Waals surface area contributed by atoms with Gasteiger partial charge >= 0.3 is 12.1 Å². The van der Waals surface area contributed by atoms with E-state index in [1.807, 2.05) is 0 Å². The molecule has 0 saturated carbocycles. The highest BCUT2D eigenvalue weighted by Crippen LogP contribution is 2.22. The van der Waals surface area contributed by atoms with Gasteiger partial charge in [0.25, 0.3) is 0 Å². The number of halogens is 2. The fourth-order valence-electron chi connectivity index (χ4n) is 0.898. The lowest BCUT2D eigenvalue weighted by atomic mass is 10.4. The number of aromatic carboxylic acids is 1. The number of rotatable bonds is 4. The number of carboxylic acids is 1. The van der Waals surface area contributed by atoms with Gasteiger partial charge in [-0.25, -0.2) is 19.6 Å². The molecule has 1 rings (SSSR count). The molecule has 1 aromatic rings. The summed E-state index contributed by atoms with van der Waals surface area (Å²) in [5.74, 6) is -1.77. The molecule has 0 unspecified atom stereocenters. The number of anilines is 1. The molecule has 7 nitrogen and oxygen atoms in total. The molecule has 9 heteroatoms. The van der Waals surface area contributed by atoms with Crippen LogP contribution in [0.3, 0.4) is 0 Å². The Labute approximate surface area is 111 Å². The Balaban J connectivity index is 3.00. The molecule has 1 amide bonds. The van der Waals surface area contributed by atoms with E-state index in [0.717, 1.165) is 0 Å². The third-order valence-electron chi connectivity index (χ3n) is 1.57. The summed E-state index contributed by atoms with van der Waals surface area (Å²) in [6, 6.07) is 0.